The molecular formula is C19H13ClN2O6. The molecular weight excluding hydrogens is 388 g/mol. The lowest BCUT2D eigenvalue weighted by Gasteiger charge is -2.06. The van der Waals surface area contributed by atoms with Crippen molar-refractivity contribution in [2.75, 3.05) is 5.32 Å². The van der Waals surface area contributed by atoms with E-state index < -0.39 is 16.8 Å². The maximum atomic E-state index is 12.4. The van der Waals surface area contributed by atoms with Crippen LogP contribution in [0.4, 0.5) is 11.4 Å². The van der Waals surface area contributed by atoms with Crippen LogP contribution in [-0.2, 0) is 0 Å². The highest BCUT2D eigenvalue weighted by Gasteiger charge is 2.20. The Kier molecular flexibility index (Phi) is 5.14. The number of benzene rings is 2. The number of carbonyl (C=O) groups excluding carboxylic acids is 1. The lowest BCUT2D eigenvalue weighted by molar-refractivity contribution is -0.384. The van der Waals surface area contributed by atoms with E-state index in [1.165, 1.54) is 36.4 Å². The highest BCUT2D eigenvalue weighted by atomic mass is 35.5. The van der Waals surface area contributed by atoms with Crippen molar-refractivity contribution in [2.45, 2.75) is 6.92 Å². The number of rotatable bonds is 5. The zero-order valence-corrected chi connectivity index (χ0v) is 15.2. The summed E-state index contributed by atoms with van der Waals surface area (Å²) in [6, 6.07) is 11.5. The fraction of sp³-hybridized carbons (Fsp3) is 0.0526. The number of nitro groups is 1. The molecule has 1 heterocycles. The van der Waals surface area contributed by atoms with E-state index in [0.29, 0.717) is 0 Å². The maximum absolute atomic E-state index is 12.4. The molecule has 1 aromatic heterocycles. The first kappa shape index (κ1) is 19.1. The summed E-state index contributed by atoms with van der Waals surface area (Å²) in [4.78, 5) is 34.3. The summed E-state index contributed by atoms with van der Waals surface area (Å²) in [5, 5.41) is 22.9. The highest BCUT2D eigenvalue weighted by Crippen LogP contribution is 2.32. The van der Waals surface area contributed by atoms with Gasteiger partial charge in [0.05, 0.1) is 21.1 Å². The largest absolute Gasteiger partial charge is 0.478 e. The first-order valence-corrected chi connectivity index (χ1v) is 8.33. The average Bonchev–Trinajstić information content (AvgIpc) is 3.13. The number of hydrogen-bond acceptors (Lipinski definition) is 5. The predicted molar refractivity (Wildman–Crippen MR) is 102 cm³/mol. The van der Waals surface area contributed by atoms with Crippen molar-refractivity contribution >= 4 is 34.9 Å². The fourth-order valence-corrected chi connectivity index (χ4v) is 2.76. The van der Waals surface area contributed by atoms with Crippen molar-refractivity contribution in [3.05, 3.63) is 80.6 Å². The molecule has 0 radical (unpaired) electrons. The zero-order valence-electron chi connectivity index (χ0n) is 14.4. The van der Waals surface area contributed by atoms with Crippen molar-refractivity contribution < 1.29 is 24.0 Å². The second-order valence-electron chi connectivity index (χ2n) is 5.90. The molecule has 3 rings (SSSR count). The molecule has 0 aliphatic rings. The summed E-state index contributed by atoms with van der Waals surface area (Å²) in [6.45, 7) is 1.73. The summed E-state index contributed by atoms with van der Waals surface area (Å²) < 4.78 is 5.48. The van der Waals surface area contributed by atoms with E-state index in [9.17, 15) is 19.7 Å². The van der Waals surface area contributed by atoms with E-state index in [1.54, 1.807) is 19.1 Å². The number of aromatic carboxylic acids is 1. The quantitative estimate of drug-likeness (QED) is 0.469. The van der Waals surface area contributed by atoms with Gasteiger partial charge in [0.15, 0.2) is 5.76 Å². The highest BCUT2D eigenvalue weighted by molar-refractivity contribution is 6.33. The van der Waals surface area contributed by atoms with Crippen LogP contribution in [0.5, 0.6) is 0 Å². The number of carbonyl (C=O) groups is 2. The van der Waals surface area contributed by atoms with Crippen molar-refractivity contribution in [2.24, 2.45) is 0 Å². The third-order valence-electron chi connectivity index (χ3n) is 3.90. The lowest BCUT2D eigenvalue weighted by atomic mass is 10.1. The lowest BCUT2D eigenvalue weighted by Crippen LogP contribution is -2.11. The molecule has 142 valence electrons. The molecule has 28 heavy (non-hydrogen) atoms. The number of furan rings is 1. The molecule has 0 saturated heterocycles. The van der Waals surface area contributed by atoms with Gasteiger partial charge in [-0.15, -0.1) is 0 Å². The summed E-state index contributed by atoms with van der Waals surface area (Å²) in [5.41, 5.74) is 0.886. The first-order chi connectivity index (χ1) is 13.3. The van der Waals surface area contributed by atoms with Gasteiger partial charge in [-0.3, -0.25) is 14.9 Å². The molecule has 0 spiro atoms. The summed E-state index contributed by atoms with van der Waals surface area (Å²) in [7, 11) is 0. The van der Waals surface area contributed by atoms with Gasteiger partial charge in [-0.1, -0.05) is 17.7 Å². The molecule has 0 saturated carbocycles. The van der Waals surface area contributed by atoms with Gasteiger partial charge in [0.25, 0.3) is 11.6 Å². The van der Waals surface area contributed by atoms with E-state index in [0.717, 1.165) is 5.56 Å². The summed E-state index contributed by atoms with van der Waals surface area (Å²) in [5.74, 6) is -1.79. The van der Waals surface area contributed by atoms with Gasteiger partial charge in [-0.25, -0.2) is 4.79 Å². The van der Waals surface area contributed by atoms with E-state index in [1.807, 2.05) is 0 Å². The van der Waals surface area contributed by atoms with Crippen LogP contribution in [0.2, 0.25) is 5.02 Å². The summed E-state index contributed by atoms with van der Waals surface area (Å²) >= 11 is 5.80. The number of anilines is 1. The van der Waals surface area contributed by atoms with Crippen LogP contribution < -0.4 is 5.32 Å². The summed E-state index contributed by atoms with van der Waals surface area (Å²) in [6.07, 6.45) is 0. The molecule has 0 atom stereocenters. The molecule has 0 bridgehead atoms. The minimum absolute atomic E-state index is 0.0393. The third-order valence-corrected chi connectivity index (χ3v) is 4.23. The SMILES string of the molecule is Cc1ccc(-c2ccc(C(=O)Nc3ccc(Cl)c(C(=O)O)c3)o2)c([N+](=O)[O-])c1. The van der Waals surface area contributed by atoms with Crippen LogP contribution in [-0.4, -0.2) is 21.9 Å². The molecule has 2 N–H and O–H groups in total. The van der Waals surface area contributed by atoms with Crippen molar-refractivity contribution in [1.82, 2.24) is 0 Å². The Labute approximate surface area is 163 Å². The van der Waals surface area contributed by atoms with Crippen LogP contribution in [0.25, 0.3) is 11.3 Å². The Hall–Kier alpha value is -3.65. The predicted octanol–water partition coefficient (Wildman–Crippen LogP) is 4.77. The minimum Gasteiger partial charge on any atom is -0.478 e. The van der Waals surface area contributed by atoms with Gasteiger partial charge in [-0.05, 0) is 48.9 Å². The second kappa shape index (κ2) is 7.53. The van der Waals surface area contributed by atoms with Crippen LogP contribution in [0.1, 0.15) is 26.5 Å². The van der Waals surface area contributed by atoms with E-state index in [2.05, 4.69) is 5.32 Å². The maximum Gasteiger partial charge on any atom is 0.337 e. The number of carboxylic acid groups (broad SMARTS) is 1. The van der Waals surface area contributed by atoms with E-state index in [4.69, 9.17) is 21.1 Å². The topological polar surface area (TPSA) is 123 Å². The van der Waals surface area contributed by atoms with Crippen LogP contribution in [0.15, 0.2) is 52.9 Å². The smallest absolute Gasteiger partial charge is 0.337 e. The number of carboxylic acids is 1. The van der Waals surface area contributed by atoms with Crippen LogP contribution >= 0.6 is 11.6 Å². The molecule has 9 heteroatoms. The Bertz CT molecular complexity index is 1110. The number of nitrogens with zero attached hydrogens (tertiary/aromatic N) is 1. The van der Waals surface area contributed by atoms with Crippen molar-refractivity contribution in [3.63, 3.8) is 0 Å². The number of hydrogen-bond donors (Lipinski definition) is 2. The van der Waals surface area contributed by atoms with Gasteiger partial charge < -0.3 is 14.8 Å². The monoisotopic (exact) mass is 400 g/mol. The van der Waals surface area contributed by atoms with Gasteiger partial charge in [0, 0.05) is 11.8 Å². The van der Waals surface area contributed by atoms with Crippen molar-refractivity contribution in [3.8, 4) is 11.3 Å². The molecule has 0 fully saturated rings. The molecule has 0 unspecified atom stereocenters. The average molecular weight is 401 g/mol. The third kappa shape index (κ3) is 3.86. The van der Waals surface area contributed by atoms with Gasteiger partial charge in [0.2, 0.25) is 0 Å². The normalized spacial score (nSPS) is 10.5. The number of nitrogens with one attached hydrogen (secondary N) is 1. The second-order valence-corrected chi connectivity index (χ2v) is 6.30. The Morgan fingerprint density at radius 2 is 1.89 bits per heavy atom. The number of aryl methyl sites for hydroxylation is 1. The van der Waals surface area contributed by atoms with E-state index >= 15 is 0 Å². The Morgan fingerprint density at radius 1 is 1.14 bits per heavy atom. The van der Waals surface area contributed by atoms with Crippen molar-refractivity contribution in [1.29, 1.82) is 0 Å². The molecule has 1 amide bonds. The molecule has 2 aromatic carbocycles. The first-order valence-electron chi connectivity index (χ1n) is 7.95. The molecule has 8 nitrogen and oxygen atoms in total. The molecule has 3 aromatic rings. The zero-order chi connectivity index (χ0) is 20.4. The Balaban J connectivity index is 1.87. The van der Waals surface area contributed by atoms with Crippen LogP contribution in [0.3, 0.4) is 0 Å². The molecule has 0 aliphatic carbocycles. The number of amides is 1. The minimum atomic E-state index is -1.23. The fourth-order valence-electron chi connectivity index (χ4n) is 2.57. The number of halogens is 1. The van der Waals surface area contributed by atoms with Gasteiger partial charge >= 0.3 is 5.97 Å². The van der Waals surface area contributed by atoms with E-state index in [-0.39, 0.29) is 39.0 Å². The van der Waals surface area contributed by atoms with Gasteiger partial charge in [-0.2, -0.15) is 0 Å². The number of nitro benzene ring substituents is 1. The molecule has 0 aliphatic heterocycles. The van der Waals surface area contributed by atoms with Crippen LogP contribution in [0, 0.1) is 17.0 Å². The standard InChI is InChI=1S/C19H13ClN2O6/c1-10-2-4-12(15(8-10)22(26)27)16-6-7-17(28-16)18(23)21-11-3-5-14(20)13(9-11)19(24)25/h2-9H,1H3,(H,21,23)(H,24,25). The Morgan fingerprint density at radius 3 is 2.57 bits per heavy atom. The van der Waals surface area contributed by atoms with Gasteiger partial charge in [0.1, 0.15) is 5.76 Å².